The lowest BCUT2D eigenvalue weighted by Gasteiger charge is -2.08. The zero-order chi connectivity index (χ0) is 21.0. The van der Waals surface area contributed by atoms with E-state index in [1.807, 2.05) is 61.9 Å². The van der Waals surface area contributed by atoms with E-state index in [1.165, 1.54) is 7.11 Å². The van der Waals surface area contributed by atoms with Crippen LogP contribution in [0.2, 0.25) is 0 Å². The molecule has 0 saturated carbocycles. The maximum Gasteiger partial charge on any atom is 0.305 e. The molecule has 0 saturated heterocycles. The number of aromatic nitrogens is 2. The number of carbonyl (C=O) groups is 2. The average Bonchev–Trinajstić information content (AvgIpc) is 3.01. The Hall–Kier alpha value is -3.41. The van der Waals surface area contributed by atoms with E-state index in [0.717, 1.165) is 33.9 Å². The molecular weight excluding hydrogens is 366 g/mol. The number of esters is 1. The van der Waals surface area contributed by atoms with Gasteiger partial charge in [-0.05, 0) is 69.2 Å². The van der Waals surface area contributed by atoms with Gasteiger partial charge in [0.1, 0.15) is 0 Å². The largest absolute Gasteiger partial charge is 0.469 e. The zero-order valence-electron chi connectivity index (χ0n) is 17.2. The SMILES string of the molecule is COC(=O)CCc1c(C)nn(-c2ccc(C(=O)Nc3ccc(C)cc3)cc2)c1C. The summed E-state index contributed by atoms with van der Waals surface area (Å²) in [5.41, 5.74) is 6.23. The molecule has 0 atom stereocenters. The molecule has 3 aromatic rings. The number of rotatable bonds is 6. The van der Waals surface area contributed by atoms with Crippen LogP contribution in [-0.2, 0) is 16.0 Å². The number of benzene rings is 2. The molecule has 0 unspecified atom stereocenters. The lowest BCUT2D eigenvalue weighted by atomic mass is 10.1. The molecule has 3 rings (SSSR count). The number of aryl methyl sites for hydroxylation is 2. The van der Waals surface area contributed by atoms with Crippen molar-refractivity contribution in [2.75, 3.05) is 12.4 Å². The third-order valence-corrected chi connectivity index (χ3v) is 4.93. The number of hydrogen-bond acceptors (Lipinski definition) is 4. The molecule has 0 aliphatic carbocycles. The molecule has 29 heavy (non-hydrogen) atoms. The van der Waals surface area contributed by atoms with Gasteiger partial charge in [-0.25, -0.2) is 4.68 Å². The van der Waals surface area contributed by atoms with Crippen LogP contribution in [0.5, 0.6) is 0 Å². The average molecular weight is 391 g/mol. The minimum atomic E-state index is -0.236. The highest BCUT2D eigenvalue weighted by Crippen LogP contribution is 2.20. The Kier molecular flexibility index (Phi) is 6.12. The van der Waals surface area contributed by atoms with Crippen LogP contribution in [0.3, 0.4) is 0 Å². The van der Waals surface area contributed by atoms with Gasteiger partial charge in [-0.3, -0.25) is 9.59 Å². The molecule has 6 nitrogen and oxygen atoms in total. The Bertz CT molecular complexity index is 1020. The second-order valence-electron chi connectivity index (χ2n) is 7.00. The van der Waals surface area contributed by atoms with Crippen LogP contribution in [-0.4, -0.2) is 28.8 Å². The third-order valence-electron chi connectivity index (χ3n) is 4.93. The molecule has 0 fully saturated rings. The molecule has 1 heterocycles. The fourth-order valence-corrected chi connectivity index (χ4v) is 3.21. The number of carbonyl (C=O) groups excluding carboxylic acids is 2. The van der Waals surface area contributed by atoms with Crippen molar-refractivity contribution >= 4 is 17.6 Å². The van der Waals surface area contributed by atoms with Crippen molar-refractivity contribution < 1.29 is 14.3 Å². The predicted octanol–water partition coefficient (Wildman–Crippen LogP) is 4.16. The lowest BCUT2D eigenvalue weighted by Crippen LogP contribution is -2.12. The number of hydrogen-bond donors (Lipinski definition) is 1. The molecule has 1 aromatic heterocycles. The maximum absolute atomic E-state index is 12.5. The van der Waals surface area contributed by atoms with Gasteiger partial charge < -0.3 is 10.1 Å². The van der Waals surface area contributed by atoms with E-state index in [9.17, 15) is 9.59 Å². The van der Waals surface area contributed by atoms with Crippen molar-refractivity contribution in [2.45, 2.75) is 33.6 Å². The van der Waals surface area contributed by atoms with Crippen LogP contribution in [0.15, 0.2) is 48.5 Å². The molecule has 0 aliphatic rings. The van der Waals surface area contributed by atoms with Gasteiger partial charge in [0.2, 0.25) is 0 Å². The molecule has 2 aromatic carbocycles. The summed E-state index contributed by atoms with van der Waals surface area (Å²) < 4.78 is 6.56. The van der Waals surface area contributed by atoms with Crippen LogP contribution in [0.4, 0.5) is 5.69 Å². The van der Waals surface area contributed by atoms with Crippen molar-refractivity contribution in [1.82, 2.24) is 9.78 Å². The first kappa shape index (κ1) is 20.3. The zero-order valence-corrected chi connectivity index (χ0v) is 17.2. The first-order chi connectivity index (χ1) is 13.9. The lowest BCUT2D eigenvalue weighted by molar-refractivity contribution is -0.140. The van der Waals surface area contributed by atoms with Crippen molar-refractivity contribution in [3.05, 3.63) is 76.6 Å². The smallest absolute Gasteiger partial charge is 0.305 e. The van der Waals surface area contributed by atoms with Gasteiger partial charge in [0.25, 0.3) is 5.91 Å². The Morgan fingerprint density at radius 1 is 1.00 bits per heavy atom. The Labute approximate surface area is 170 Å². The first-order valence-electron chi connectivity index (χ1n) is 9.49. The number of amides is 1. The summed E-state index contributed by atoms with van der Waals surface area (Å²) in [6.07, 6.45) is 0.906. The molecule has 6 heteroatoms. The quantitative estimate of drug-likeness (QED) is 0.641. The summed E-state index contributed by atoms with van der Waals surface area (Å²) in [7, 11) is 1.39. The van der Waals surface area contributed by atoms with E-state index < -0.39 is 0 Å². The van der Waals surface area contributed by atoms with Crippen LogP contribution < -0.4 is 5.32 Å². The molecule has 0 aliphatic heterocycles. The summed E-state index contributed by atoms with van der Waals surface area (Å²) >= 11 is 0. The molecule has 1 N–H and O–H groups in total. The van der Waals surface area contributed by atoms with E-state index in [0.29, 0.717) is 18.4 Å². The number of anilines is 1. The topological polar surface area (TPSA) is 73.2 Å². The maximum atomic E-state index is 12.5. The van der Waals surface area contributed by atoms with E-state index in [-0.39, 0.29) is 11.9 Å². The van der Waals surface area contributed by atoms with Crippen molar-refractivity contribution in [3.63, 3.8) is 0 Å². The highest BCUT2D eigenvalue weighted by molar-refractivity contribution is 6.04. The van der Waals surface area contributed by atoms with Crippen LogP contribution in [0.1, 0.15) is 39.3 Å². The standard InChI is InChI=1S/C23H25N3O3/c1-15-5-9-19(10-6-15)24-23(28)18-7-11-20(12-8-18)26-17(3)21(16(2)25-26)13-14-22(27)29-4/h5-12H,13-14H2,1-4H3,(H,24,28). The second-order valence-corrected chi connectivity index (χ2v) is 7.00. The fourth-order valence-electron chi connectivity index (χ4n) is 3.21. The van der Waals surface area contributed by atoms with E-state index in [2.05, 4.69) is 10.4 Å². The van der Waals surface area contributed by atoms with Gasteiger partial charge in [-0.15, -0.1) is 0 Å². The van der Waals surface area contributed by atoms with Crippen LogP contribution in [0, 0.1) is 20.8 Å². The van der Waals surface area contributed by atoms with Crippen molar-refractivity contribution in [2.24, 2.45) is 0 Å². The van der Waals surface area contributed by atoms with Gasteiger partial charge >= 0.3 is 5.97 Å². The monoisotopic (exact) mass is 391 g/mol. The van der Waals surface area contributed by atoms with E-state index >= 15 is 0 Å². The Balaban J connectivity index is 1.75. The number of methoxy groups -OCH3 is 1. The molecule has 0 radical (unpaired) electrons. The van der Waals surface area contributed by atoms with Gasteiger partial charge in [0.05, 0.1) is 18.5 Å². The first-order valence-corrected chi connectivity index (χ1v) is 9.49. The van der Waals surface area contributed by atoms with Crippen LogP contribution in [0.25, 0.3) is 5.69 Å². The minimum Gasteiger partial charge on any atom is -0.469 e. The summed E-state index contributed by atoms with van der Waals surface area (Å²) in [6, 6.07) is 15.0. The van der Waals surface area contributed by atoms with E-state index in [1.54, 1.807) is 12.1 Å². The van der Waals surface area contributed by atoms with Gasteiger partial charge in [0, 0.05) is 23.4 Å². The Morgan fingerprint density at radius 3 is 2.28 bits per heavy atom. The van der Waals surface area contributed by atoms with Crippen molar-refractivity contribution in [3.8, 4) is 5.69 Å². The molecule has 150 valence electrons. The summed E-state index contributed by atoms with van der Waals surface area (Å²) in [4.78, 5) is 23.9. The number of nitrogens with one attached hydrogen (secondary N) is 1. The number of nitrogens with zero attached hydrogens (tertiary/aromatic N) is 2. The molecule has 0 spiro atoms. The summed E-state index contributed by atoms with van der Waals surface area (Å²) in [5, 5.41) is 7.50. The highest BCUT2D eigenvalue weighted by atomic mass is 16.5. The highest BCUT2D eigenvalue weighted by Gasteiger charge is 2.15. The fraction of sp³-hybridized carbons (Fsp3) is 0.261. The molecule has 1 amide bonds. The summed E-state index contributed by atoms with van der Waals surface area (Å²) in [5.74, 6) is -0.395. The Morgan fingerprint density at radius 2 is 1.66 bits per heavy atom. The van der Waals surface area contributed by atoms with Crippen molar-refractivity contribution in [1.29, 1.82) is 0 Å². The van der Waals surface area contributed by atoms with Crippen LogP contribution >= 0.6 is 0 Å². The van der Waals surface area contributed by atoms with Gasteiger partial charge in [0.15, 0.2) is 0 Å². The number of ether oxygens (including phenoxy) is 1. The van der Waals surface area contributed by atoms with E-state index in [4.69, 9.17) is 4.74 Å². The normalized spacial score (nSPS) is 10.6. The summed E-state index contributed by atoms with van der Waals surface area (Å²) in [6.45, 7) is 5.91. The molecule has 0 bridgehead atoms. The van der Waals surface area contributed by atoms with Gasteiger partial charge in [-0.1, -0.05) is 17.7 Å². The van der Waals surface area contributed by atoms with Gasteiger partial charge in [-0.2, -0.15) is 5.10 Å². The second kappa shape index (κ2) is 8.73. The minimum absolute atomic E-state index is 0.160. The molecular formula is C23H25N3O3. The predicted molar refractivity (Wildman–Crippen MR) is 113 cm³/mol. The third kappa shape index (κ3) is 4.71.